The van der Waals surface area contributed by atoms with Crippen LogP contribution in [-0.2, 0) is 29.8 Å². The Kier molecular flexibility index (Phi) is 12.1. The van der Waals surface area contributed by atoms with Crippen LogP contribution >= 0.6 is 0 Å². The number of hydrogen-bond acceptors (Lipinski definition) is 6. The van der Waals surface area contributed by atoms with Crippen molar-refractivity contribution in [2.75, 3.05) is 14.1 Å². The third kappa shape index (κ3) is 9.01. The molecular formula is C34H50N4O5S. The van der Waals surface area contributed by atoms with Crippen molar-refractivity contribution >= 4 is 27.7 Å². The lowest BCUT2D eigenvalue weighted by Gasteiger charge is -2.40. The van der Waals surface area contributed by atoms with Crippen molar-refractivity contribution in [2.24, 2.45) is 11.3 Å². The van der Waals surface area contributed by atoms with Crippen LogP contribution in [0.4, 0.5) is 0 Å². The summed E-state index contributed by atoms with van der Waals surface area (Å²) in [5.41, 5.74) is 0.800. The van der Waals surface area contributed by atoms with Gasteiger partial charge in [-0.25, -0.2) is 13.1 Å². The van der Waals surface area contributed by atoms with Gasteiger partial charge in [0.1, 0.15) is 6.04 Å². The Morgan fingerprint density at radius 1 is 0.886 bits per heavy atom. The van der Waals surface area contributed by atoms with Gasteiger partial charge in [-0.15, -0.1) is 0 Å². The minimum absolute atomic E-state index is 0.0176. The molecule has 9 nitrogen and oxygen atoms in total. The van der Waals surface area contributed by atoms with Gasteiger partial charge < -0.3 is 15.5 Å². The normalized spacial score (nSPS) is 14.9. The summed E-state index contributed by atoms with van der Waals surface area (Å²) in [6.07, 6.45) is 1.60. The van der Waals surface area contributed by atoms with E-state index in [0.29, 0.717) is 0 Å². The Hall–Kier alpha value is -3.50. The summed E-state index contributed by atoms with van der Waals surface area (Å²) in [6.45, 7) is 16.8. The molecule has 0 radical (unpaired) electrons. The molecule has 0 fully saturated rings. The van der Waals surface area contributed by atoms with Crippen LogP contribution < -0.4 is 15.4 Å². The summed E-state index contributed by atoms with van der Waals surface area (Å²) in [5.74, 6) is -1.54. The third-order valence-corrected chi connectivity index (χ3v) is 9.35. The Bertz CT molecular complexity index is 1440. The number of nitrogens with one attached hydrogen (secondary N) is 3. The standard InChI is InChI=1S/C34H50N4O5S/c1-22(2)27(21-24(4)30(39)37-44(42,43)26-19-17-23(3)18-20-26)38(11)32(41)29(33(5,6)7)36-31(40)28(35-10)34(8,9)25-15-13-12-14-16-25/h12-22,27-29,35H,1-11H3,(H,36,40)(H,37,39). The summed E-state index contributed by atoms with van der Waals surface area (Å²) in [6, 6.07) is 13.8. The molecule has 2 rings (SSSR count). The average molecular weight is 627 g/mol. The number of likely N-dealkylation sites (N-methyl/N-ethyl adjacent to an activating group) is 2. The molecule has 0 saturated carbocycles. The first-order chi connectivity index (χ1) is 20.2. The molecule has 3 N–H and O–H groups in total. The first kappa shape index (κ1) is 36.7. The SMILES string of the molecule is CNC(C(=O)NC(C(=O)N(C)C(C=C(C)C(=O)NS(=O)(=O)c1ccc(C)cc1)C(C)C)C(C)(C)C)C(C)(C)c1ccccc1. The molecule has 0 aliphatic carbocycles. The van der Waals surface area contributed by atoms with Crippen molar-refractivity contribution in [3.63, 3.8) is 0 Å². The zero-order valence-corrected chi connectivity index (χ0v) is 28.8. The number of carbonyl (C=O) groups is 3. The first-order valence-electron chi connectivity index (χ1n) is 14.9. The number of nitrogens with zero attached hydrogens (tertiary/aromatic N) is 1. The smallest absolute Gasteiger partial charge is 0.264 e. The molecule has 0 aliphatic heterocycles. The number of sulfonamides is 1. The molecule has 3 unspecified atom stereocenters. The second kappa shape index (κ2) is 14.5. The molecular weight excluding hydrogens is 576 g/mol. The lowest BCUT2D eigenvalue weighted by molar-refractivity contribution is -0.140. The molecule has 0 saturated heterocycles. The molecule has 0 bridgehead atoms. The summed E-state index contributed by atoms with van der Waals surface area (Å²) >= 11 is 0. The van der Waals surface area contributed by atoms with E-state index in [-0.39, 0.29) is 28.2 Å². The zero-order chi connectivity index (χ0) is 33.6. The molecule has 0 aliphatic rings. The molecule has 2 aromatic carbocycles. The van der Waals surface area contributed by atoms with E-state index in [9.17, 15) is 22.8 Å². The molecule has 242 valence electrons. The van der Waals surface area contributed by atoms with Gasteiger partial charge in [-0.05, 0) is 49.9 Å². The molecule has 0 heterocycles. The molecule has 0 spiro atoms. The monoisotopic (exact) mass is 626 g/mol. The fourth-order valence-electron chi connectivity index (χ4n) is 5.14. The average Bonchev–Trinajstić information content (AvgIpc) is 2.93. The van der Waals surface area contributed by atoms with Gasteiger partial charge in [0.25, 0.3) is 15.9 Å². The van der Waals surface area contributed by atoms with Gasteiger partial charge >= 0.3 is 0 Å². The third-order valence-electron chi connectivity index (χ3n) is 8.01. The van der Waals surface area contributed by atoms with Crippen LogP contribution in [-0.4, -0.2) is 63.3 Å². The second-order valence-corrected chi connectivity index (χ2v) is 15.1. The summed E-state index contributed by atoms with van der Waals surface area (Å²) in [5, 5.41) is 6.15. The highest BCUT2D eigenvalue weighted by atomic mass is 32.2. The van der Waals surface area contributed by atoms with E-state index >= 15 is 0 Å². The number of benzene rings is 2. The fraction of sp³-hybridized carbons (Fsp3) is 0.500. The molecule has 3 atom stereocenters. The Balaban J connectivity index is 2.33. The maximum absolute atomic E-state index is 14.1. The Morgan fingerprint density at radius 2 is 1.43 bits per heavy atom. The van der Waals surface area contributed by atoms with E-state index < -0.39 is 44.9 Å². The van der Waals surface area contributed by atoms with Gasteiger partial charge in [-0.3, -0.25) is 14.4 Å². The van der Waals surface area contributed by atoms with Crippen LogP contribution in [0.25, 0.3) is 0 Å². The number of aryl methyl sites for hydroxylation is 1. The molecule has 44 heavy (non-hydrogen) atoms. The maximum atomic E-state index is 14.1. The first-order valence-corrected chi connectivity index (χ1v) is 16.3. The predicted octanol–water partition coefficient (Wildman–Crippen LogP) is 4.33. The number of amides is 3. The van der Waals surface area contributed by atoms with Gasteiger partial charge in [0.15, 0.2) is 0 Å². The molecule has 0 aromatic heterocycles. The highest BCUT2D eigenvalue weighted by Crippen LogP contribution is 2.29. The molecule has 10 heteroatoms. The minimum Gasteiger partial charge on any atom is -0.342 e. The number of hydrogen-bond donors (Lipinski definition) is 3. The van der Waals surface area contributed by atoms with Crippen molar-refractivity contribution < 1.29 is 22.8 Å². The highest BCUT2D eigenvalue weighted by Gasteiger charge is 2.41. The van der Waals surface area contributed by atoms with E-state index in [0.717, 1.165) is 11.1 Å². The maximum Gasteiger partial charge on any atom is 0.264 e. The lowest BCUT2D eigenvalue weighted by atomic mass is 9.76. The van der Waals surface area contributed by atoms with Gasteiger partial charge in [0, 0.05) is 18.0 Å². The van der Waals surface area contributed by atoms with Crippen molar-refractivity contribution in [3.8, 4) is 0 Å². The Labute approximate surface area is 263 Å². The molecule has 2 aromatic rings. The fourth-order valence-corrected chi connectivity index (χ4v) is 6.16. The summed E-state index contributed by atoms with van der Waals surface area (Å²) < 4.78 is 27.7. The second-order valence-electron chi connectivity index (χ2n) is 13.4. The summed E-state index contributed by atoms with van der Waals surface area (Å²) in [4.78, 5) is 42.3. The lowest BCUT2D eigenvalue weighted by Crippen LogP contribution is -2.61. The van der Waals surface area contributed by atoms with E-state index in [2.05, 4.69) is 15.4 Å². The van der Waals surface area contributed by atoms with E-state index in [4.69, 9.17) is 0 Å². The number of carbonyl (C=O) groups excluding carboxylic acids is 3. The van der Waals surface area contributed by atoms with Gasteiger partial charge in [0.2, 0.25) is 11.8 Å². The largest absolute Gasteiger partial charge is 0.342 e. The van der Waals surface area contributed by atoms with Crippen LogP contribution in [0, 0.1) is 18.3 Å². The topological polar surface area (TPSA) is 125 Å². The van der Waals surface area contributed by atoms with Gasteiger partial charge in [0.05, 0.1) is 17.0 Å². The van der Waals surface area contributed by atoms with Crippen LogP contribution in [0.15, 0.2) is 71.1 Å². The van der Waals surface area contributed by atoms with Crippen molar-refractivity contribution in [2.45, 2.75) is 90.7 Å². The van der Waals surface area contributed by atoms with Gasteiger partial charge in [-0.1, -0.05) is 103 Å². The molecule has 3 amide bonds. The van der Waals surface area contributed by atoms with Crippen LogP contribution in [0.2, 0.25) is 0 Å². The van der Waals surface area contributed by atoms with Crippen LogP contribution in [0.1, 0.15) is 66.5 Å². The summed E-state index contributed by atoms with van der Waals surface area (Å²) in [7, 11) is -0.723. The zero-order valence-electron chi connectivity index (χ0n) is 28.0. The van der Waals surface area contributed by atoms with Crippen molar-refractivity contribution in [3.05, 3.63) is 77.4 Å². The number of rotatable bonds is 12. The quantitative estimate of drug-likeness (QED) is 0.302. The van der Waals surface area contributed by atoms with Crippen LogP contribution in [0.3, 0.4) is 0 Å². The van der Waals surface area contributed by atoms with E-state index in [1.54, 1.807) is 32.3 Å². The van der Waals surface area contributed by atoms with E-state index in [1.165, 1.54) is 24.0 Å². The van der Waals surface area contributed by atoms with Crippen LogP contribution in [0.5, 0.6) is 0 Å². The van der Waals surface area contributed by atoms with Crippen molar-refractivity contribution in [1.29, 1.82) is 0 Å². The predicted molar refractivity (Wildman–Crippen MR) is 175 cm³/mol. The minimum atomic E-state index is -4.08. The Morgan fingerprint density at radius 3 is 1.91 bits per heavy atom. The highest BCUT2D eigenvalue weighted by molar-refractivity contribution is 7.90. The van der Waals surface area contributed by atoms with Crippen molar-refractivity contribution in [1.82, 2.24) is 20.3 Å². The van der Waals surface area contributed by atoms with E-state index in [1.807, 2.05) is 85.7 Å². The van der Waals surface area contributed by atoms with Gasteiger partial charge in [-0.2, -0.15) is 0 Å².